The average Bonchev–Trinajstić information content (AvgIpc) is 3.51. The smallest absolute Gasteiger partial charge is 0.350 e. The van der Waals surface area contributed by atoms with E-state index in [1.54, 1.807) is 18.2 Å². The van der Waals surface area contributed by atoms with Crippen LogP contribution in [0.25, 0.3) is 11.4 Å². The van der Waals surface area contributed by atoms with Crippen LogP contribution in [0.1, 0.15) is 34.8 Å². The van der Waals surface area contributed by atoms with Crippen LogP contribution < -0.4 is 11.0 Å². The molecule has 3 aromatic rings. The van der Waals surface area contributed by atoms with E-state index in [2.05, 4.69) is 10.4 Å². The molecule has 1 aromatic heterocycles. The fraction of sp³-hybridized carbons (Fsp3) is 0.286. The van der Waals surface area contributed by atoms with E-state index in [0.717, 1.165) is 25.0 Å². The molecule has 0 atom stereocenters. The topological polar surface area (TPSA) is 68.9 Å². The highest BCUT2D eigenvalue weighted by Crippen LogP contribution is 2.37. The Labute approximate surface area is 180 Å². The first-order valence-corrected chi connectivity index (χ1v) is 10.0. The lowest BCUT2D eigenvalue weighted by Crippen LogP contribution is -2.32. The highest BCUT2D eigenvalue weighted by Gasteiger charge is 2.33. The molecular formula is C21H18ClF3N4O2. The van der Waals surface area contributed by atoms with Gasteiger partial charge in [0.2, 0.25) is 0 Å². The molecule has 1 fully saturated rings. The fourth-order valence-corrected chi connectivity index (χ4v) is 3.46. The van der Waals surface area contributed by atoms with Gasteiger partial charge in [-0.25, -0.2) is 9.48 Å². The van der Waals surface area contributed by atoms with Gasteiger partial charge in [0.1, 0.15) is 0 Å². The SMILES string of the molecule is O=C(NCCn1nc(-c2cccc(C(F)(F)F)c2)n(C2CC2)c1=O)c1cccc(Cl)c1. The molecular weight excluding hydrogens is 433 g/mol. The Bertz CT molecular complexity index is 1180. The summed E-state index contributed by atoms with van der Waals surface area (Å²) in [6.45, 7) is 0.200. The summed E-state index contributed by atoms with van der Waals surface area (Å²) in [5.74, 6) is -0.157. The lowest BCUT2D eigenvalue weighted by atomic mass is 10.1. The third-order valence-corrected chi connectivity index (χ3v) is 5.16. The molecule has 2 aromatic carbocycles. The van der Waals surface area contributed by atoms with Crippen molar-refractivity contribution in [3.8, 4) is 11.4 Å². The first kappa shape index (κ1) is 21.2. The van der Waals surface area contributed by atoms with Crippen LogP contribution >= 0.6 is 11.6 Å². The highest BCUT2D eigenvalue weighted by molar-refractivity contribution is 6.30. The van der Waals surface area contributed by atoms with Crippen LogP contribution in [-0.2, 0) is 12.7 Å². The largest absolute Gasteiger partial charge is 0.416 e. The molecule has 0 unspecified atom stereocenters. The van der Waals surface area contributed by atoms with E-state index < -0.39 is 17.4 Å². The highest BCUT2D eigenvalue weighted by atomic mass is 35.5. The van der Waals surface area contributed by atoms with Gasteiger partial charge in [-0.2, -0.15) is 13.2 Å². The molecule has 4 rings (SSSR count). The molecule has 1 aliphatic carbocycles. The van der Waals surface area contributed by atoms with Gasteiger partial charge in [0, 0.05) is 28.7 Å². The minimum absolute atomic E-state index is 0.0770. The Hall–Kier alpha value is -3.07. The van der Waals surface area contributed by atoms with Gasteiger partial charge in [-0.1, -0.05) is 29.8 Å². The number of hydrogen-bond donors (Lipinski definition) is 1. The zero-order valence-electron chi connectivity index (χ0n) is 16.2. The van der Waals surface area contributed by atoms with Crippen molar-refractivity contribution < 1.29 is 18.0 Å². The van der Waals surface area contributed by atoms with Crippen molar-refractivity contribution in [2.75, 3.05) is 6.54 Å². The average molecular weight is 451 g/mol. The van der Waals surface area contributed by atoms with Crippen LogP contribution in [0.15, 0.2) is 53.3 Å². The summed E-state index contributed by atoms with van der Waals surface area (Å²) in [4.78, 5) is 25.1. The number of rotatable bonds is 6. The zero-order valence-corrected chi connectivity index (χ0v) is 17.0. The molecule has 0 aliphatic heterocycles. The molecule has 0 radical (unpaired) electrons. The van der Waals surface area contributed by atoms with Crippen molar-refractivity contribution in [2.24, 2.45) is 0 Å². The number of amides is 1. The summed E-state index contributed by atoms with van der Waals surface area (Å²) in [5.41, 5.74) is -0.608. The van der Waals surface area contributed by atoms with Gasteiger partial charge >= 0.3 is 11.9 Å². The van der Waals surface area contributed by atoms with Gasteiger partial charge in [0.15, 0.2) is 5.82 Å². The van der Waals surface area contributed by atoms with Crippen LogP contribution in [-0.4, -0.2) is 26.8 Å². The molecule has 1 aliphatic rings. The minimum Gasteiger partial charge on any atom is -0.350 e. The molecule has 0 spiro atoms. The first-order chi connectivity index (χ1) is 14.7. The van der Waals surface area contributed by atoms with Crippen LogP contribution in [0.3, 0.4) is 0 Å². The van der Waals surface area contributed by atoms with Crippen LogP contribution in [0.2, 0.25) is 5.02 Å². The maximum absolute atomic E-state index is 13.1. The summed E-state index contributed by atoms with van der Waals surface area (Å²) in [6.07, 6.45) is -2.96. The zero-order chi connectivity index (χ0) is 22.2. The standard InChI is InChI=1S/C21H18ClF3N4O2/c22-16-6-2-4-14(12-16)19(30)26-9-10-28-20(31)29(17-7-8-17)18(27-28)13-3-1-5-15(11-13)21(23,24)25/h1-6,11-12,17H,7-10H2,(H,26,30). The lowest BCUT2D eigenvalue weighted by molar-refractivity contribution is -0.137. The third-order valence-electron chi connectivity index (χ3n) is 4.93. The molecule has 1 saturated carbocycles. The van der Waals surface area contributed by atoms with Gasteiger partial charge in [0.25, 0.3) is 5.91 Å². The number of halogens is 4. The molecule has 10 heteroatoms. The fourth-order valence-electron chi connectivity index (χ4n) is 3.27. The Morgan fingerprint density at radius 3 is 2.58 bits per heavy atom. The van der Waals surface area contributed by atoms with Gasteiger partial charge in [-0.05, 0) is 43.2 Å². The molecule has 1 N–H and O–H groups in total. The van der Waals surface area contributed by atoms with Gasteiger partial charge in [-0.3, -0.25) is 9.36 Å². The number of nitrogens with one attached hydrogen (secondary N) is 1. The van der Waals surface area contributed by atoms with Crippen molar-refractivity contribution in [1.82, 2.24) is 19.7 Å². The predicted molar refractivity (Wildman–Crippen MR) is 109 cm³/mol. The van der Waals surface area contributed by atoms with Crippen molar-refractivity contribution in [3.63, 3.8) is 0 Å². The molecule has 6 nitrogen and oxygen atoms in total. The summed E-state index contributed by atoms with van der Waals surface area (Å²) >= 11 is 5.88. The Kier molecular flexibility index (Phi) is 5.62. The normalized spacial score (nSPS) is 13.9. The van der Waals surface area contributed by atoms with Crippen molar-refractivity contribution in [1.29, 1.82) is 0 Å². The molecule has 31 heavy (non-hydrogen) atoms. The molecule has 1 heterocycles. The van der Waals surface area contributed by atoms with E-state index in [4.69, 9.17) is 11.6 Å². The summed E-state index contributed by atoms with van der Waals surface area (Å²) in [5, 5.41) is 7.39. The quantitative estimate of drug-likeness (QED) is 0.613. The number of benzene rings is 2. The molecule has 0 bridgehead atoms. The maximum atomic E-state index is 13.1. The van der Waals surface area contributed by atoms with E-state index in [9.17, 15) is 22.8 Å². The molecule has 162 valence electrons. The number of carbonyl (C=O) groups excluding carboxylic acids is 1. The summed E-state index contributed by atoms with van der Waals surface area (Å²) in [6, 6.07) is 11.1. The second-order valence-corrected chi connectivity index (χ2v) is 7.71. The van der Waals surface area contributed by atoms with E-state index >= 15 is 0 Å². The third kappa shape index (κ3) is 4.66. The molecule has 1 amide bonds. The van der Waals surface area contributed by atoms with Crippen molar-refractivity contribution >= 4 is 17.5 Å². The Morgan fingerprint density at radius 2 is 1.90 bits per heavy atom. The Morgan fingerprint density at radius 1 is 1.16 bits per heavy atom. The lowest BCUT2D eigenvalue weighted by Gasteiger charge is -2.09. The minimum atomic E-state index is -4.49. The second kappa shape index (κ2) is 8.22. The van der Waals surface area contributed by atoms with Crippen LogP contribution in [0.4, 0.5) is 13.2 Å². The van der Waals surface area contributed by atoms with Gasteiger partial charge in [-0.15, -0.1) is 5.10 Å². The summed E-state index contributed by atoms with van der Waals surface area (Å²) < 4.78 is 41.9. The van der Waals surface area contributed by atoms with E-state index in [-0.39, 0.29) is 36.4 Å². The maximum Gasteiger partial charge on any atom is 0.416 e. The monoisotopic (exact) mass is 450 g/mol. The summed E-state index contributed by atoms with van der Waals surface area (Å²) in [7, 11) is 0. The van der Waals surface area contributed by atoms with Gasteiger partial charge < -0.3 is 5.32 Å². The number of alkyl halides is 3. The number of hydrogen-bond acceptors (Lipinski definition) is 3. The number of aromatic nitrogens is 3. The predicted octanol–water partition coefficient (Wildman–Crippen LogP) is 4.15. The Balaban J connectivity index is 1.55. The van der Waals surface area contributed by atoms with Crippen LogP contribution in [0, 0.1) is 0 Å². The second-order valence-electron chi connectivity index (χ2n) is 7.28. The van der Waals surface area contributed by atoms with Crippen molar-refractivity contribution in [3.05, 3.63) is 75.2 Å². The number of nitrogens with zero attached hydrogens (tertiary/aromatic N) is 3. The molecule has 0 saturated heterocycles. The van der Waals surface area contributed by atoms with Crippen molar-refractivity contribution in [2.45, 2.75) is 31.6 Å². The number of carbonyl (C=O) groups is 1. The van der Waals surface area contributed by atoms with E-state index in [0.29, 0.717) is 10.6 Å². The van der Waals surface area contributed by atoms with Gasteiger partial charge in [0.05, 0.1) is 12.1 Å². The van der Waals surface area contributed by atoms with E-state index in [1.807, 2.05) is 0 Å². The van der Waals surface area contributed by atoms with E-state index in [1.165, 1.54) is 27.4 Å². The first-order valence-electron chi connectivity index (χ1n) is 9.65. The van der Waals surface area contributed by atoms with Crippen LogP contribution in [0.5, 0.6) is 0 Å².